The fraction of sp³-hybridized carbons (Fsp3) is 0.500. The Hall–Kier alpha value is -1.03. The molecule has 0 spiro atoms. The van der Waals surface area contributed by atoms with Crippen LogP contribution in [0.15, 0.2) is 24.4 Å². The summed E-state index contributed by atoms with van der Waals surface area (Å²) in [5.41, 5.74) is 2.35. The first-order valence-electron chi connectivity index (χ1n) is 7.21. The highest BCUT2D eigenvalue weighted by Crippen LogP contribution is 2.21. The zero-order valence-electron chi connectivity index (χ0n) is 12.2. The van der Waals surface area contributed by atoms with E-state index in [2.05, 4.69) is 30.2 Å². The van der Waals surface area contributed by atoms with Crippen LogP contribution in [-0.2, 0) is 11.3 Å². The highest BCUT2D eigenvalue weighted by Gasteiger charge is 2.03. The molecule has 0 saturated carbocycles. The van der Waals surface area contributed by atoms with E-state index in [1.54, 1.807) is 0 Å². The van der Waals surface area contributed by atoms with Crippen LogP contribution in [0.3, 0.4) is 0 Å². The number of ether oxygens (including phenoxy) is 1. The number of hydrogen-bond donors (Lipinski definition) is 2. The van der Waals surface area contributed by atoms with Crippen molar-refractivity contribution in [2.45, 2.75) is 26.8 Å². The van der Waals surface area contributed by atoms with Crippen molar-refractivity contribution in [3.8, 4) is 0 Å². The lowest BCUT2D eigenvalue weighted by Crippen LogP contribution is -2.19. The molecule has 2 aromatic rings. The average Bonchev–Trinajstić information content (AvgIpc) is 2.79. The molecule has 0 unspecified atom stereocenters. The summed E-state index contributed by atoms with van der Waals surface area (Å²) in [7, 11) is 0. The summed E-state index contributed by atoms with van der Waals surface area (Å²) in [5.74, 6) is 0.709. The molecule has 0 aliphatic heterocycles. The van der Waals surface area contributed by atoms with E-state index < -0.39 is 0 Å². The zero-order valence-corrected chi connectivity index (χ0v) is 13.0. The van der Waals surface area contributed by atoms with E-state index in [0.717, 1.165) is 43.3 Å². The van der Waals surface area contributed by atoms with Gasteiger partial charge in [0.25, 0.3) is 0 Å². The number of aromatic amines is 1. The maximum absolute atomic E-state index is 5.97. The van der Waals surface area contributed by atoms with Crippen LogP contribution in [0.2, 0.25) is 5.02 Å². The molecule has 0 atom stereocenters. The Morgan fingerprint density at radius 1 is 1.30 bits per heavy atom. The normalized spacial score (nSPS) is 11.6. The molecular weight excluding hydrogens is 272 g/mol. The van der Waals surface area contributed by atoms with Gasteiger partial charge in [0.15, 0.2) is 0 Å². The first-order chi connectivity index (χ1) is 9.66. The van der Waals surface area contributed by atoms with Gasteiger partial charge in [0.2, 0.25) is 0 Å². The first kappa shape index (κ1) is 15.4. The Bertz CT molecular complexity index is 536. The van der Waals surface area contributed by atoms with Crippen LogP contribution in [-0.4, -0.2) is 24.7 Å². The van der Waals surface area contributed by atoms with Crippen molar-refractivity contribution in [3.05, 3.63) is 35.0 Å². The Labute approximate surface area is 125 Å². The molecule has 1 heterocycles. The number of aromatic nitrogens is 1. The summed E-state index contributed by atoms with van der Waals surface area (Å²) in [4.78, 5) is 3.25. The monoisotopic (exact) mass is 294 g/mol. The minimum Gasteiger partial charge on any atom is -0.380 e. The number of fused-ring (bicyclic) bond motifs is 1. The Morgan fingerprint density at radius 3 is 2.95 bits per heavy atom. The fourth-order valence-electron chi connectivity index (χ4n) is 2.09. The van der Waals surface area contributed by atoms with E-state index in [1.165, 1.54) is 10.9 Å². The van der Waals surface area contributed by atoms with Crippen LogP contribution in [0.5, 0.6) is 0 Å². The summed E-state index contributed by atoms with van der Waals surface area (Å²) in [5, 5.41) is 5.39. The molecule has 2 N–H and O–H groups in total. The minimum atomic E-state index is 0.709. The summed E-state index contributed by atoms with van der Waals surface area (Å²) < 4.78 is 5.58. The van der Waals surface area contributed by atoms with Gasteiger partial charge in [0.1, 0.15) is 0 Å². The molecule has 0 amide bonds. The molecule has 0 bridgehead atoms. The van der Waals surface area contributed by atoms with Gasteiger partial charge in [-0.3, -0.25) is 0 Å². The topological polar surface area (TPSA) is 37.0 Å². The number of H-pyrrole nitrogens is 1. The number of hydrogen-bond acceptors (Lipinski definition) is 2. The van der Waals surface area contributed by atoms with Crippen molar-refractivity contribution in [1.29, 1.82) is 0 Å². The Balaban J connectivity index is 1.71. The highest BCUT2D eigenvalue weighted by atomic mass is 35.5. The minimum absolute atomic E-state index is 0.709. The summed E-state index contributed by atoms with van der Waals surface area (Å²) in [6.45, 7) is 7.76. The molecular formula is C16H23ClN2O. The molecule has 0 radical (unpaired) electrons. The molecule has 1 aromatic carbocycles. The van der Waals surface area contributed by atoms with Crippen LogP contribution in [0, 0.1) is 5.92 Å². The quantitative estimate of drug-likeness (QED) is 0.723. The van der Waals surface area contributed by atoms with Gasteiger partial charge in [0, 0.05) is 41.8 Å². The average molecular weight is 295 g/mol. The molecule has 0 fully saturated rings. The third kappa shape index (κ3) is 4.51. The number of nitrogens with one attached hydrogen (secondary N) is 2. The predicted octanol–water partition coefficient (Wildman–Crippen LogP) is 3.97. The van der Waals surface area contributed by atoms with E-state index >= 15 is 0 Å². The van der Waals surface area contributed by atoms with E-state index in [9.17, 15) is 0 Å². The SMILES string of the molecule is CC(C)CCOCCNCc1c[nH]c2cc(Cl)ccc12. The Morgan fingerprint density at radius 2 is 2.15 bits per heavy atom. The lowest BCUT2D eigenvalue weighted by molar-refractivity contribution is 0.125. The Kier molecular flexibility index (Phi) is 5.89. The van der Waals surface area contributed by atoms with Crippen molar-refractivity contribution in [1.82, 2.24) is 10.3 Å². The zero-order chi connectivity index (χ0) is 14.4. The van der Waals surface area contributed by atoms with Crippen LogP contribution >= 0.6 is 11.6 Å². The second kappa shape index (κ2) is 7.67. The molecule has 3 nitrogen and oxygen atoms in total. The van der Waals surface area contributed by atoms with Gasteiger partial charge in [-0.1, -0.05) is 31.5 Å². The van der Waals surface area contributed by atoms with Gasteiger partial charge in [0.05, 0.1) is 6.61 Å². The van der Waals surface area contributed by atoms with Crippen molar-refractivity contribution in [2.75, 3.05) is 19.8 Å². The fourth-order valence-corrected chi connectivity index (χ4v) is 2.27. The molecule has 110 valence electrons. The molecule has 4 heteroatoms. The van der Waals surface area contributed by atoms with Crippen LogP contribution in [0.1, 0.15) is 25.8 Å². The molecule has 2 rings (SSSR count). The molecule has 0 aliphatic rings. The summed E-state index contributed by atoms with van der Waals surface area (Å²) in [6, 6.07) is 5.94. The van der Waals surface area contributed by atoms with Gasteiger partial charge in [-0.2, -0.15) is 0 Å². The second-order valence-corrected chi connectivity index (χ2v) is 5.91. The van der Waals surface area contributed by atoms with Crippen molar-refractivity contribution >= 4 is 22.5 Å². The van der Waals surface area contributed by atoms with Crippen molar-refractivity contribution < 1.29 is 4.74 Å². The molecule has 1 aromatic heterocycles. The van der Waals surface area contributed by atoms with E-state index in [-0.39, 0.29) is 0 Å². The largest absolute Gasteiger partial charge is 0.380 e. The lowest BCUT2D eigenvalue weighted by atomic mass is 10.1. The van der Waals surface area contributed by atoms with E-state index in [4.69, 9.17) is 16.3 Å². The van der Waals surface area contributed by atoms with E-state index in [0.29, 0.717) is 5.92 Å². The summed E-state index contributed by atoms with van der Waals surface area (Å²) in [6.07, 6.45) is 3.16. The van der Waals surface area contributed by atoms with E-state index in [1.807, 2.05) is 18.3 Å². The van der Waals surface area contributed by atoms with Gasteiger partial charge < -0.3 is 15.0 Å². The lowest BCUT2D eigenvalue weighted by Gasteiger charge is -2.07. The van der Waals surface area contributed by atoms with Crippen LogP contribution in [0.25, 0.3) is 10.9 Å². The molecule has 0 aliphatic carbocycles. The van der Waals surface area contributed by atoms with Crippen molar-refractivity contribution in [2.24, 2.45) is 5.92 Å². The molecule has 0 saturated heterocycles. The summed E-state index contributed by atoms with van der Waals surface area (Å²) >= 11 is 5.97. The smallest absolute Gasteiger partial charge is 0.0591 e. The standard InChI is InChI=1S/C16H23ClN2O/c1-12(2)5-7-20-8-6-18-10-13-11-19-16-9-14(17)3-4-15(13)16/h3-4,9,11-12,18-19H,5-8,10H2,1-2H3. The first-order valence-corrected chi connectivity index (χ1v) is 7.58. The number of halogens is 1. The predicted molar refractivity (Wildman–Crippen MR) is 85.3 cm³/mol. The highest BCUT2D eigenvalue weighted by molar-refractivity contribution is 6.31. The van der Waals surface area contributed by atoms with Gasteiger partial charge in [-0.15, -0.1) is 0 Å². The number of benzene rings is 1. The van der Waals surface area contributed by atoms with Gasteiger partial charge >= 0.3 is 0 Å². The number of rotatable bonds is 8. The maximum Gasteiger partial charge on any atom is 0.0591 e. The van der Waals surface area contributed by atoms with Gasteiger partial charge in [-0.05, 0) is 30.0 Å². The molecule has 20 heavy (non-hydrogen) atoms. The van der Waals surface area contributed by atoms with Crippen LogP contribution < -0.4 is 5.32 Å². The maximum atomic E-state index is 5.97. The van der Waals surface area contributed by atoms with Crippen molar-refractivity contribution in [3.63, 3.8) is 0 Å². The third-order valence-electron chi connectivity index (χ3n) is 3.31. The van der Waals surface area contributed by atoms with Gasteiger partial charge in [-0.25, -0.2) is 0 Å². The third-order valence-corrected chi connectivity index (χ3v) is 3.54. The van der Waals surface area contributed by atoms with Crippen LogP contribution in [0.4, 0.5) is 0 Å². The second-order valence-electron chi connectivity index (χ2n) is 5.48.